The highest BCUT2D eigenvalue weighted by atomic mass is 32.2. The van der Waals surface area contributed by atoms with E-state index >= 15 is 0 Å². The Kier molecular flexibility index (Phi) is 6.85. The monoisotopic (exact) mass is 386 g/mol. The van der Waals surface area contributed by atoms with Crippen molar-refractivity contribution in [2.75, 3.05) is 13.2 Å². The maximum absolute atomic E-state index is 10.1. The summed E-state index contributed by atoms with van der Waals surface area (Å²) in [4.78, 5) is 0. The van der Waals surface area contributed by atoms with Gasteiger partial charge >= 0.3 is 0 Å². The standard InChI is InChI=1S/C23H30O3S/c1-4-26-19-7-5-17(6-8-19)12-18-13-20(16(3)11-15(18)2)22-10-9-21(25)23(14-24)27-22/h5-8,11,13,21-25H,4,9-10,12,14H2,1-3H3. The third-order valence-electron chi connectivity index (χ3n) is 5.37. The first-order chi connectivity index (χ1) is 13.0. The van der Waals surface area contributed by atoms with Gasteiger partial charge in [-0.05, 0) is 80.0 Å². The fraction of sp³-hybridized carbons (Fsp3) is 0.478. The highest BCUT2D eigenvalue weighted by Gasteiger charge is 2.31. The summed E-state index contributed by atoms with van der Waals surface area (Å²) in [6.07, 6.45) is 2.21. The minimum atomic E-state index is -0.398. The normalized spacial score (nSPS) is 22.6. The van der Waals surface area contributed by atoms with Crippen molar-refractivity contribution in [1.29, 1.82) is 0 Å². The van der Waals surface area contributed by atoms with Crippen LogP contribution in [0.1, 0.15) is 52.8 Å². The predicted octanol–water partition coefficient (Wildman–Crippen LogP) is 4.58. The second-order valence-corrected chi connectivity index (χ2v) is 8.83. The van der Waals surface area contributed by atoms with Crippen LogP contribution in [0, 0.1) is 13.8 Å². The number of rotatable bonds is 6. The van der Waals surface area contributed by atoms with Crippen LogP contribution < -0.4 is 4.74 Å². The molecule has 3 unspecified atom stereocenters. The number of aliphatic hydroxyl groups is 2. The van der Waals surface area contributed by atoms with E-state index in [0.717, 1.165) is 25.0 Å². The maximum atomic E-state index is 10.1. The molecule has 0 bridgehead atoms. The van der Waals surface area contributed by atoms with Crippen molar-refractivity contribution in [2.45, 2.75) is 56.6 Å². The van der Waals surface area contributed by atoms with Gasteiger partial charge in [-0.3, -0.25) is 0 Å². The van der Waals surface area contributed by atoms with Crippen LogP contribution in [0.25, 0.3) is 0 Å². The second kappa shape index (κ2) is 9.13. The highest BCUT2D eigenvalue weighted by Crippen LogP contribution is 2.44. The maximum Gasteiger partial charge on any atom is 0.119 e. The molecule has 3 rings (SSSR count). The van der Waals surface area contributed by atoms with Gasteiger partial charge in [-0.2, -0.15) is 0 Å². The van der Waals surface area contributed by atoms with E-state index in [1.165, 1.54) is 27.8 Å². The van der Waals surface area contributed by atoms with Gasteiger partial charge in [0, 0.05) is 5.25 Å². The Morgan fingerprint density at radius 3 is 2.48 bits per heavy atom. The molecule has 3 nitrogen and oxygen atoms in total. The lowest BCUT2D eigenvalue weighted by Crippen LogP contribution is -2.31. The topological polar surface area (TPSA) is 49.7 Å². The van der Waals surface area contributed by atoms with Gasteiger partial charge < -0.3 is 14.9 Å². The van der Waals surface area contributed by atoms with Gasteiger partial charge in [0.25, 0.3) is 0 Å². The van der Waals surface area contributed by atoms with Crippen LogP contribution in [0.3, 0.4) is 0 Å². The molecule has 1 aliphatic rings. The molecule has 3 atom stereocenters. The molecule has 146 valence electrons. The third kappa shape index (κ3) is 4.87. The molecule has 2 aromatic carbocycles. The second-order valence-electron chi connectivity index (χ2n) is 7.38. The molecular formula is C23H30O3S. The van der Waals surface area contributed by atoms with E-state index in [-0.39, 0.29) is 11.9 Å². The largest absolute Gasteiger partial charge is 0.494 e. The van der Waals surface area contributed by atoms with Gasteiger partial charge in [-0.25, -0.2) is 0 Å². The molecule has 2 N–H and O–H groups in total. The van der Waals surface area contributed by atoms with Gasteiger partial charge in [-0.15, -0.1) is 11.8 Å². The number of ether oxygens (including phenoxy) is 1. The lowest BCUT2D eigenvalue weighted by Gasteiger charge is -2.33. The van der Waals surface area contributed by atoms with E-state index in [9.17, 15) is 10.2 Å². The Labute approximate surface area is 166 Å². The number of benzene rings is 2. The summed E-state index contributed by atoms with van der Waals surface area (Å²) in [5.74, 6) is 0.912. The first-order valence-electron chi connectivity index (χ1n) is 9.78. The van der Waals surface area contributed by atoms with E-state index in [1.54, 1.807) is 11.8 Å². The molecule has 0 saturated carbocycles. The summed E-state index contributed by atoms with van der Waals surface area (Å²) in [5, 5.41) is 19.9. The number of thioether (sulfide) groups is 1. The molecule has 1 heterocycles. The summed E-state index contributed by atoms with van der Waals surface area (Å²) in [6, 6.07) is 13.0. The van der Waals surface area contributed by atoms with Crippen molar-refractivity contribution < 1.29 is 14.9 Å². The number of aliphatic hydroxyl groups excluding tert-OH is 2. The number of aryl methyl sites for hydroxylation is 2. The van der Waals surface area contributed by atoms with Crippen molar-refractivity contribution in [3.63, 3.8) is 0 Å². The van der Waals surface area contributed by atoms with Gasteiger partial charge in [0.05, 0.1) is 24.6 Å². The quantitative estimate of drug-likeness (QED) is 0.763. The molecule has 0 amide bonds. The Bertz CT molecular complexity index is 757. The fourth-order valence-electron chi connectivity index (χ4n) is 3.81. The summed E-state index contributed by atoms with van der Waals surface area (Å²) < 4.78 is 5.53. The SMILES string of the molecule is CCOc1ccc(Cc2cc(C3CCC(O)C(CO)S3)c(C)cc2C)cc1. The van der Waals surface area contributed by atoms with Crippen LogP contribution >= 0.6 is 11.8 Å². The smallest absolute Gasteiger partial charge is 0.119 e. The number of hydrogen-bond acceptors (Lipinski definition) is 4. The Hall–Kier alpha value is -1.49. The van der Waals surface area contributed by atoms with E-state index in [2.05, 4.69) is 38.1 Å². The Morgan fingerprint density at radius 1 is 1.07 bits per heavy atom. The molecule has 4 heteroatoms. The van der Waals surface area contributed by atoms with E-state index in [4.69, 9.17) is 4.74 Å². The van der Waals surface area contributed by atoms with Crippen molar-refractivity contribution in [3.05, 3.63) is 64.2 Å². The minimum absolute atomic E-state index is 0.0340. The summed E-state index contributed by atoms with van der Waals surface area (Å²) in [6.45, 7) is 7.06. The lowest BCUT2D eigenvalue weighted by atomic mass is 9.92. The van der Waals surface area contributed by atoms with Crippen molar-refractivity contribution in [2.24, 2.45) is 0 Å². The first-order valence-corrected chi connectivity index (χ1v) is 10.7. The van der Waals surface area contributed by atoms with Crippen LogP contribution in [0.4, 0.5) is 0 Å². The average Bonchev–Trinajstić information content (AvgIpc) is 2.66. The molecule has 1 saturated heterocycles. The van der Waals surface area contributed by atoms with Gasteiger partial charge in [0.15, 0.2) is 0 Å². The van der Waals surface area contributed by atoms with Gasteiger partial charge in [-0.1, -0.05) is 24.3 Å². The van der Waals surface area contributed by atoms with Crippen molar-refractivity contribution in [3.8, 4) is 5.75 Å². The first kappa shape index (κ1) is 20.2. The lowest BCUT2D eigenvalue weighted by molar-refractivity contribution is 0.125. The summed E-state index contributed by atoms with van der Waals surface area (Å²) >= 11 is 1.72. The predicted molar refractivity (Wildman–Crippen MR) is 113 cm³/mol. The summed E-state index contributed by atoms with van der Waals surface area (Å²) in [5.41, 5.74) is 6.57. The molecule has 1 fully saturated rings. The molecule has 0 aromatic heterocycles. The molecule has 1 aliphatic heterocycles. The van der Waals surface area contributed by atoms with Gasteiger partial charge in [0.1, 0.15) is 5.75 Å². The molecule has 2 aromatic rings. The van der Waals surface area contributed by atoms with Gasteiger partial charge in [0.2, 0.25) is 0 Å². The van der Waals surface area contributed by atoms with Crippen LogP contribution in [-0.4, -0.2) is 34.8 Å². The van der Waals surface area contributed by atoms with Crippen molar-refractivity contribution >= 4 is 11.8 Å². The zero-order chi connectivity index (χ0) is 19.4. The zero-order valence-corrected chi connectivity index (χ0v) is 17.3. The summed E-state index contributed by atoms with van der Waals surface area (Å²) in [7, 11) is 0. The Balaban J connectivity index is 1.81. The fourth-order valence-corrected chi connectivity index (χ4v) is 5.31. The van der Waals surface area contributed by atoms with Crippen LogP contribution in [0.15, 0.2) is 36.4 Å². The highest BCUT2D eigenvalue weighted by molar-refractivity contribution is 8.00. The average molecular weight is 387 g/mol. The Morgan fingerprint density at radius 2 is 1.81 bits per heavy atom. The molecule has 0 radical (unpaired) electrons. The minimum Gasteiger partial charge on any atom is -0.494 e. The van der Waals surface area contributed by atoms with Crippen LogP contribution in [-0.2, 0) is 6.42 Å². The van der Waals surface area contributed by atoms with E-state index in [0.29, 0.717) is 11.9 Å². The van der Waals surface area contributed by atoms with E-state index in [1.807, 2.05) is 19.1 Å². The molecule has 0 aliphatic carbocycles. The number of hydrogen-bond donors (Lipinski definition) is 2. The third-order valence-corrected chi connectivity index (χ3v) is 7.00. The molecule has 27 heavy (non-hydrogen) atoms. The molecular weight excluding hydrogens is 356 g/mol. The van der Waals surface area contributed by atoms with Crippen LogP contribution in [0.5, 0.6) is 5.75 Å². The molecule has 0 spiro atoms. The van der Waals surface area contributed by atoms with Crippen LogP contribution in [0.2, 0.25) is 0 Å². The zero-order valence-electron chi connectivity index (χ0n) is 16.4. The van der Waals surface area contributed by atoms with Crippen molar-refractivity contribution in [1.82, 2.24) is 0 Å². The van der Waals surface area contributed by atoms with E-state index < -0.39 is 6.10 Å².